The highest BCUT2D eigenvalue weighted by Gasteiger charge is 2.26. The van der Waals surface area contributed by atoms with E-state index in [1.807, 2.05) is 0 Å². The van der Waals surface area contributed by atoms with Gasteiger partial charge in [-0.3, -0.25) is 13.8 Å². The summed E-state index contributed by atoms with van der Waals surface area (Å²) in [6.45, 7) is 3.50. The normalized spacial score (nSPS) is 14.4. The summed E-state index contributed by atoms with van der Waals surface area (Å²) in [5, 5.41) is 18.3. The zero-order valence-corrected chi connectivity index (χ0v) is 31.9. The minimum Gasteiger partial charge on any atom is -0.457 e. The molecule has 9 nitrogen and oxygen atoms in total. The number of aliphatic hydroxyl groups is 2. The molecular formula is C38H75O9P. The van der Waals surface area contributed by atoms with Crippen molar-refractivity contribution in [2.45, 2.75) is 193 Å². The third kappa shape index (κ3) is 35.0. The molecule has 0 aromatic carbocycles. The van der Waals surface area contributed by atoms with Gasteiger partial charge in [0.05, 0.1) is 26.4 Å². The van der Waals surface area contributed by atoms with Crippen molar-refractivity contribution in [2.24, 2.45) is 0 Å². The quantitative estimate of drug-likeness (QED) is 0.0248. The fraction of sp³-hybridized carbons (Fsp3) is 0.921. The van der Waals surface area contributed by atoms with E-state index in [4.69, 9.17) is 23.6 Å². The Labute approximate surface area is 294 Å². The Morgan fingerprint density at radius 1 is 0.625 bits per heavy atom. The Balaban J connectivity index is 4.19. The number of esters is 1. The van der Waals surface area contributed by atoms with Crippen LogP contribution in [0, 0.1) is 0 Å². The number of hydrogen-bond acceptors (Lipinski definition) is 8. The fourth-order valence-electron chi connectivity index (χ4n) is 5.41. The third-order valence-corrected chi connectivity index (χ3v) is 9.40. The molecule has 0 aromatic rings. The number of hydrogen-bond donors (Lipinski definition) is 3. The number of phosphoric ester groups is 1. The van der Waals surface area contributed by atoms with E-state index < -0.39 is 33.2 Å². The van der Waals surface area contributed by atoms with Gasteiger partial charge in [-0.15, -0.1) is 0 Å². The zero-order valence-electron chi connectivity index (χ0n) is 31.0. The molecule has 0 spiro atoms. The number of allylic oxidation sites excluding steroid dienone is 2. The summed E-state index contributed by atoms with van der Waals surface area (Å²) in [6.07, 6.45) is 33.1. The van der Waals surface area contributed by atoms with Crippen molar-refractivity contribution < 1.29 is 43.0 Å². The minimum absolute atomic E-state index is 0.0499. The van der Waals surface area contributed by atoms with Crippen LogP contribution in [0.4, 0.5) is 0 Å². The monoisotopic (exact) mass is 707 g/mol. The van der Waals surface area contributed by atoms with E-state index in [0.29, 0.717) is 6.61 Å². The molecule has 3 unspecified atom stereocenters. The minimum atomic E-state index is -4.51. The van der Waals surface area contributed by atoms with Crippen molar-refractivity contribution in [3.63, 3.8) is 0 Å². The van der Waals surface area contributed by atoms with Crippen molar-refractivity contribution in [1.82, 2.24) is 0 Å². The van der Waals surface area contributed by atoms with E-state index >= 15 is 0 Å². The first kappa shape index (κ1) is 47.2. The number of aliphatic hydroxyl groups excluding tert-OH is 2. The second kappa shape index (κ2) is 36.0. The van der Waals surface area contributed by atoms with Gasteiger partial charge >= 0.3 is 13.8 Å². The fourth-order valence-corrected chi connectivity index (χ4v) is 6.20. The molecule has 0 aliphatic rings. The molecule has 3 N–H and O–H groups in total. The van der Waals surface area contributed by atoms with Crippen LogP contribution in [0.2, 0.25) is 0 Å². The Bertz CT molecular complexity index is 764. The summed E-state index contributed by atoms with van der Waals surface area (Å²) in [6, 6.07) is 0. The van der Waals surface area contributed by atoms with E-state index in [-0.39, 0.29) is 25.6 Å². The first-order valence-corrected chi connectivity index (χ1v) is 21.2. The summed E-state index contributed by atoms with van der Waals surface area (Å²) in [7, 11) is -4.51. The van der Waals surface area contributed by atoms with Crippen LogP contribution >= 0.6 is 7.82 Å². The summed E-state index contributed by atoms with van der Waals surface area (Å²) in [4.78, 5) is 22.4. The van der Waals surface area contributed by atoms with Gasteiger partial charge in [0.1, 0.15) is 12.2 Å². The average Bonchev–Trinajstić information content (AvgIpc) is 3.07. The maximum absolute atomic E-state index is 12.5. The van der Waals surface area contributed by atoms with Gasteiger partial charge in [-0.05, 0) is 38.5 Å². The first-order chi connectivity index (χ1) is 23.3. The van der Waals surface area contributed by atoms with Gasteiger partial charge in [0.25, 0.3) is 0 Å². The number of carbonyl (C=O) groups excluding carboxylic acids is 1. The molecule has 10 heteroatoms. The zero-order chi connectivity index (χ0) is 35.4. The summed E-state index contributed by atoms with van der Waals surface area (Å²) in [5.74, 6) is -0.384. The predicted molar refractivity (Wildman–Crippen MR) is 196 cm³/mol. The van der Waals surface area contributed by atoms with Gasteiger partial charge in [0.15, 0.2) is 0 Å². The molecule has 0 rings (SSSR count). The summed E-state index contributed by atoms with van der Waals surface area (Å²) >= 11 is 0. The van der Waals surface area contributed by atoms with Crippen LogP contribution in [-0.4, -0.2) is 66.3 Å². The molecular weight excluding hydrogens is 631 g/mol. The lowest BCUT2D eigenvalue weighted by Crippen LogP contribution is -2.29. The van der Waals surface area contributed by atoms with E-state index in [2.05, 4.69) is 26.0 Å². The van der Waals surface area contributed by atoms with Crippen LogP contribution in [0.15, 0.2) is 12.2 Å². The molecule has 48 heavy (non-hydrogen) atoms. The number of rotatable bonds is 38. The number of phosphoric acid groups is 1. The van der Waals surface area contributed by atoms with Crippen LogP contribution in [-0.2, 0) is 27.9 Å². The Morgan fingerprint density at radius 2 is 1.06 bits per heavy atom. The molecule has 0 saturated heterocycles. The van der Waals surface area contributed by atoms with Gasteiger partial charge in [0.2, 0.25) is 0 Å². The Morgan fingerprint density at radius 3 is 1.56 bits per heavy atom. The van der Waals surface area contributed by atoms with Crippen LogP contribution < -0.4 is 0 Å². The molecule has 0 aromatic heterocycles. The number of unbranched alkanes of at least 4 members (excludes halogenated alkanes) is 22. The SMILES string of the molecule is CCCCCCCC/C=C\CCCCCCCCOCC(COP(=O)(O)OCC(O)CO)OC(=O)CCCCCCCCCCCCC. The Kier molecular flexibility index (Phi) is 35.4. The molecule has 0 saturated carbocycles. The van der Waals surface area contributed by atoms with Gasteiger partial charge in [-0.2, -0.15) is 0 Å². The van der Waals surface area contributed by atoms with E-state index in [0.717, 1.165) is 44.9 Å². The van der Waals surface area contributed by atoms with E-state index in [1.54, 1.807) is 0 Å². The van der Waals surface area contributed by atoms with Gasteiger partial charge < -0.3 is 24.6 Å². The molecule has 0 aliphatic heterocycles. The number of ether oxygens (including phenoxy) is 2. The smallest absolute Gasteiger partial charge is 0.457 e. The van der Waals surface area contributed by atoms with Gasteiger partial charge in [-0.25, -0.2) is 4.57 Å². The standard InChI is InChI=1S/C38H75O9P/c1-3-5-7-9-11-13-15-16-17-18-19-21-23-25-27-29-31-44-34-37(35-46-48(42,43)45-33-36(40)32-39)47-38(41)30-28-26-24-22-20-14-12-10-8-6-4-2/h16-17,36-37,39-40H,3-15,18-35H2,1-2H3,(H,42,43)/b17-16-. The second-order valence-corrected chi connectivity index (χ2v) is 14.8. The third-order valence-electron chi connectivity index (χ3n) is 8.45. The number of carbonyl (C=O) groups is 1. The molecule has 0 radical (unpaired) electrons. The molecule has 0 heterocycles. The van der Waals surface area contributed by atoms with Crippen molar-refractivity contribution in [2.75, 3.05) is 33.0 Å². The highest BCUT2D eigenvalue weighted by Crippen LogP contribution is 2.43. The lowest BCUT2D eigenvalue weighted by molar-refractivity contribution is -0.154. The van der Waals surface area contributed by atoms with Crippen molar-refractivity contribution in [3.8, 4) is 0 Å². The van der Waals surface area contributed by atoms with E-state index in [1.165, 1.54) is 116 Å². The highest BCUT2D eigenvalue weighted by molar-refractivity contribution is 7.47. The molecule has 0 fully saturated rings. The predicted octanol–water partition coefficient (Wildman–Crippen LogP) is 10.1. The van der Waals surface area contributed by atoms with Crippen LogP contribution in [0.5, 0.6) is 0 Å². The van der Waals surface area contributed by atoms with Crippen LogP contribution in [0.25, 0.3) is 0 Å². The molecule has 3 atom stereocenters. The Hall–Kier alpha value is -0.800. The average molecular weight is 707 g/mol. The maximum atomic E-state index is 12.5. The molecule has 0 amide bonds. The largest absolute Gasteiger partial charge is 0.472 e. The van der Waals surface area contributed by atoms with Crippen LogP contribution in [0.3, 0.4) is 0 Å². The van der Waals surface area contributed by atoms with Crippen molar-refractivity contribution >= 4 is 13.8 Å². The maximum Gasteiger partial charge on any atom is 0.472 e. The summed E-state index contributed by atoms with van der Waals surface area (Å²) < 4.78 is 33.2. The van der Waals surface area contributed by atoms with Crippen LogP contribution in [0.1, 0.15) is 181 Å². The topological polar surface area (TPSA) is 132 Å². The van der Waals surface area contributed by atoms with Crippen molar-refractivity contribution in [3.05, 3.63) is 12.2 Å². The van der Waals surface area contributed by atoms with Crippen molar-refractivity contribution in [1.29, 1.82) is 0 Å². The first-order valence-electron chi connectivity index (χ1n) is 19.7. The summed E-state index contributed by atoms with van der Waals surface area (Å²) in [5.41, 5.74) is 0. The second-order valence-electron chi connectivity index (χ2n) is 13.3. The molecule has 0 bridgehead atoms. The highest BCUT2D eigenvalue weighted by atomic mass is 31.2. The van der Waals surface area contributed by atoms with Gasteiger partial charge in [0, 0.05) is 13.0 Å². The molecule has 0 aliphatic carbocycles. The lowest BCUT2D eigenvalue weighted by Gasteiger charge is -2.20. The van der Waals surface area contributed by atoms with E-state index in [9.17, 15) is 19.4 Å². The lowest BCUT2D eigenvalue weighted by atomic mass is 10.1. The van der Waals surface area contributed by atoms with Gasteiger partial charge in [-0.1, -0.05) is 148 Å². The molecule has 286 valence electrons.